The summed E-state index contributed by atoms with van der Waals surface area (Å²) in [4.78, 5) is 9.88. The van der Waals surface area contributed by atoms with E-state index in [0.29, 0.717) is 0 Å². The fourth-order valence-corrected chi connectivity index (χ4v) is 2.23. The van der Waals surface area contributed by atoms with E-state index in [1.165, 1.54) is 45.4 Å². The van der Waals surface area contributed by atoms with Crippen LogP contribution in [-0.2, 0) is 0 Å². The third-order valence-electron chi connectivity index (χ3n) is 2.40. The Morgan fingerprint density at radius 2 is 0.929 bits per heavy atom. The maximum atomic E-state index is 7.18. The number of thiol groups is 1. The summed E-state index contributed by atoms with van der Waals surface area (Å²) in [6, 6.07) is 0. The van der Waals surface area contributed by atoms with Gasteiger partial charge in [-0.15, -0.1) is 0 Å². The molecule has 4 saturated heterocycles. The molecule has 0 amide bonds. The van der Waals surface area contributed by atoms with Crippen molar-refractivity contribution in [2.75, 3.05) is 40.0 Å². The second kappa shape index (κ2) is 5.87. The van der Waals surface area contributed by atoms with Gasteiger partial charge in [0, 0.05) is 0 Å². The normalized spacial score (nSPS) is 41.7. The Labute approximate surface area is 120 Å². The van der Waals surface area contributed by atoms with Crippen LogP contribution in [0.15, 0.2) is 0 Å². The molecule has 0 atom stereocenters. The number of nitriles is 1. The number of hydrogen-bond donors (Lipinski definition) is 1. The Balaban J connectivity index is 0.000000223. The van der Waals surface area contributed by atoms with Crippen molar-refractivity contribution in [2.45, 2.75) is 0 Å². The molecule has 4 aliphatic heterocycles. The second-order valence-corrected chi connectivity index (χ2v) is 3.83. The fraction of sp³-hybridized carbons (Fsp3) is 0.857. The van der Waals surface area contributed by atoms with Gasteiger partial charge < -0.3 is 0 Å². The molecule has 0 aromatic carbocycles. The zero-order valence-electron chi connectivity index (χ0n) is 7.43. The minimum atomic E-state index is 0. The Bertz CT molecular complexity index is 174. The Morgan fingerprint density at radius 3 is 1.07 bits per heavy atom. The summed E-state index contributed by atoms with van der Waals surface area (Å²) in [5, 5.41) is 8.63. The van der Waals surface area contributed by atoms with Crippen LogP contribution in [0.2, 0.25) is 0 Å². The van der Waals surface area contributed by atoms with Gasteiger partial charge in [-0.1, -0.05) is 12.6 Å². The van der Waals surface area contributed by atoms with E-state index in [1.54, 1.807) is 0 Å². The zero-order valence-corrected chi connectivity index (χ0v) is 8.32. The summed E-state index contributed by atoms with van der Waals surface area (Å²) < 4.78 is 0. The molecule has 5 nitrogen and oxygen atoms in total. The van der Waals surface area contributed by atoms with Crippen molar-refractivity contribution in [1.29, 1.82) is 5.26 Å². The van der Waals surface area contributed by atoms with Gasteiger partial charge in [-0.2, -0.15) is 5.26 Å². The Kier molecular flexibility index (Phi) is 5.45. The Hall–Kier alpha value is 0.940. The van der Waals surface area contributed by atoms with E-state index in [4.69, 9.17) is 5.26 Å². The summed E-state index contributed by atoms with van der Waals surface area (Å²) in [5.41, 5.74) is 0. The molecule has 0 radical (unpaired) electrons. The van der Waals surface area contributed by atoms with Crippen molar-refractivity contribution in [3.8, 4) is 5.40 Å². The fourth-order valence-electron chi connectivity index (χ4n) is 2.23. The molecule has 14 heavy (non-hydrogen) atoms. The van der Waals surface area contributed by atoms with Gasteiger partial charge in [-0.05, 0) is 0 Å². The number of nitrogens with zero attached hydrogens (tertiary/aromatic N) is 5. The zero-order chi connectivity index (χ0) is 9.26. The van der Waals surface area contributed by atoms with Crippen LogP contribution in [0, 0.1) is 10.7 Å². The molecule has 0 saturated carbocycles. The molecule has 7 heteroatoms. The first-order valence-corrected chi connectivity index (χ1v) is 4.69. The summed E-state index contributed by atoms with van der Waals surface area (Å²) in [7, 11) is 0. The van der Waals surface area contributed by atoms with Crippen molar-refractivity contribution >= 4 is 50.4 Å². The average Bonchev–Trinajstić information content (AvgIpc) is 2.01. The molecule has 0 aliphatic carbocycles. The first-order chi connectivity index (χ1) is 6.31. The van der Waals surface area contributed by atoms with Gasteiger partial charge in [0.2, 0.25) is 0 Å². The van der Waals surface area contributed by atoms with Crippen LogP contribution >= 0.6 is 12.6 Å². The van der Waals surface area contributed by atoms with Crippen LogP contribution in [0.25, 0.3) is 0 Å². The molecular formula is C7H15CaN5S. The standard InChI is InChI=1S/C6H12N4.CHNS.Ca.2H/c1-7-2-9-4-8(1)5-10(3-7)6-9;2-1-3;;;/h1-6H2;3H;;;. The number of hydrogen-bond acceptors (Lipinski definition) is 6. The van der Waals surface area contributed by atoms with E-state index in [2.05, 4.69) is 32.2 Å². The molecular weight excluding hydrogens is 226 g/mol. The van der Waals surface area contributed by atoms with Crippen LogP contribution in [0.3, 0.4) is 0 Å². The van der Waals surface area contributed by atoms with Crippen LogP contribution in [-0.4, -0.2) is 97.4 Å². The summed E-state index contributed by atoms with van der Waals surface area (Å²) in [5.74, 6) is 0. The third kappa shape index (κ3) is 2.97. The van der Waals surface area contributed by atoms with Gasteiger partial charge in [-0.3, -0.25) is 19.6 Å². The molecule has 4 fully saturated rings. The first kappa shape index (κ1) is 13.0. The SMILES string of the molecule is C1N2CN3CN1CN(C2)C3.N#CS.[CaH2]. The molecule has 4 rings (SSSR count). The average molecular weight is 241 g/mol. The second-order valence-electron chi connectivity index (χ2n) is 3.63. The van der Waals surface area contributed by atoms with Crippen molar-refractivity contribution < 1.29 is 0 Å². The maximum absolute atomic E-state index is 7.18. The van der Waals surface area contributed by atoms with Crippen LogP contribution < -0.4 is 0 Å². The molecule has 0 aromatic rings. The number of rotatable bonds is 0. The molecule has 4 heterocycles. The van der Waals surface area contributed by atoms with Gasteiger partial charge in [0.1, 0.15) is 5.40 Å². The molecule has 0 spiro atoms. The molecule has 76 valence electrons. The Morgan fingerprint density at radius 1 is 0.786 bits per heavy atom. The molecule has 4 bridgehead atoms. The predicted molar refractivity (Wildman–Crippen MR) is 59.7 cm³/mol. The van der Waals surface area contributed by atoms with Crippen LogP contribution in [0.4, 0.5) is 0 Å². The number of thiocyanates is 1. The molecule has 0 unspecified atom stereocenters. The van der Waals surface area contributed by atoms with E-state index in [0.717, 1.165) is 0 Å². The molecule has 0 N–H and O–H groups in total. The van der Waals surface area contributed by atoms with Gasteiger partial charge in [0.15, 0.2) is 0 Å². The van der Waals surface area contributed by atoms with E-state index >= 15 is 0 Å². The van der Waals surface area contributed by atoms with Gasteiger partial charge in [-0.25, -0.2) is 0 Å². The summed E-state index contributed by atoms with van der Waals surface area (Å²) in [6.45, 7) is 7.12. The van der Waals surface area contributed by atoms with Gasteiger partial charge in [0.25, 0.3) is 0 Å². The summed E-state index contributed by atoms with van der Waals surface area (Å²) in [6.07, 6.45) is 0. The topological polar surface area (TPSA) is 36.8 Å². The van der Waals surface area contributed by atoms with Crippen LogP contribution in [0.5, 0.6) is 0 Å². The van der Waals surface area contributed by atoms with E-state index in [1.807, 2.05) is 0 Å². The first-order valence-electron chi connectivity index (χ1n) is 4.24. The van der Waals surface area contributed by atoms with E-state index in [9.17, 15) is 0 Å². The van der Waals surface area contributed by atoms with Crippen molar-refractivity contribution in [1.82, 2.24) is 19.6 Å². The van der Waals surface area contributed by atoms with Crippen molar-refractivity contribution in [2.24, 2.45) is 0 Å². The van der Waals surface area contributed by atoms with Crippen molar-refractivity contribution in [3.05, 3.63) is 0 Å². The summed E-state index contributed by atoms with van der Waals surface area (Å²) >= 11 is 3.09. The third-order valence-corrected chi connectivity index (χ3v) is 2.40. The predicted octanol–water partition coefficient (Wildman–Crippen LogP) is -1.54. The van der Waals surface area contributed by atoms with Crippen molar-refractivity contribution in [3.63, 3.8) is 0 Å². The minimum absolute atomic E-state index is 0. The van der Waals surface area contributed by atoms with Gasteiger partial charge >= 0.3 is 37.7 Å². The van der Waals surface area contributed by atoms with Crippen LogP contribution in [0.1, 0.15) is 0 Å². The van der Waals surface area contributed by atoms with E-state index in [-0.39, 0.29) is 37.7 Å². The monoisotopic (exact) mass is 241 g/mol. The molecule has 4 aliphatic rings. The molecule has 0 aromatic heterocycles. The quantitative estimate of drug-likeness (QED) is 0.316. The van der Waals surface area contributed by atoms with Gasteiger partial charge in [0.05, 0.1) is 40.0 Å². The van der Waals surface area contributed by atoms with E-state index < -0.39 is 0 Å².